The molecular formula is C15H22ClNO3. The molecule has 5 heteroatoms. The van der Waals surface area contributed by atoms with E-state index in [0.29, 0.717) is 23.2 Å². The van der Waals surface area contributed by atoms with Gasteiger partial charge in [0.15, 0.2) is 0 Å². The van der Waals surface area contributed by atoms with Crippen molar-refractivity contribution in [2.24, 2.45) is 5.92 Å². The van der Waals surface area contributed by atoms with Gasteiger partial charge in [-0.2, -0.15) is 0 Å². The Kier molecular flexibility index (Phi) is 6.60. The van der Waals surface area contributed by atoms with Gasteiger partial charge in [0.05, 0.1) is 5.02 Å². The van der Waals surface area contributed by atoms with E-state index in [0.717, 1.165) is 32.6 Å². The van der Waals surface area contributed by atoms with Crippen molar-refractivity contribution in [2.45, 2.75) is 18.9 Å². The minimum Gasteiger partial charge on any atom is -0.489 e. The van der Waals surface area contributed by atoms with Gasteiger partial charge >= 0.3 is 0 Å². The molecule has 1 fully saturated rings. The molecule has 2 N–H and O–H groups in total. The molecule has 0 bridgehead atoms. The molecule has 0 spiro atoms. The smallest absolute Gasteiger partial charge is 0.138 e. The zero-order valence-electron chi connectivity index (χ0n) is 11.6. The van der Waals surface area contributed by atoms with Crippen LogP contribution in [0.4, 0.5) is 0 Å². The first-order chi connectivity index (χ1) is 9.75. The third-order valence-electron chi connectivity index (χ3n) is 3.42. The normalized spacial score (nSPS) is 17.9. The van der Waals surface area contributed by atoms with Gasteiger partial charge in [-0.1, -0.05) is 23.7 Å². The lowest BCUT2D eigenvalue weighted by Gasteiger charge is -2.23. The highest BCUT2D eigenvalue weighted by Crippen LogP contribution is 2.23. The van der Waals surface area contributed by atoms with Crippen molar-refractivity contribution < 1.29 is 14.6 Å². The number of aliphatic hydroxyl groups is 1. The topological polar surface area (TPSA) is 50.7 Å². The summed E-state index contributed by atoms with van der Waals surface area (Å²) in [7, 11) is 0. The molecule has 1 heterocycles. The Balaban J connectivity index is 1.60. The summed E-state index contributed by atoms with van der Waals surface area (Å²) < 4.78 is 10.8. The summed E-state index contributed by atoms with van der Waals surface area (Å²) in [4.78, 5) is 0. The highest BCUT2D eigenvalue weighted by molar-refractivity contribution is 6.32. The third kappa shape index (κ3) is 5.29. The van der Waals surface area contributed by atoms with Gasteiger partial charge in [0, 0.05) is 19.8 Å². The average Bonchev–Trinajstić information content (AvgIpc) is 2.47. The van der Waals surface area contributed by atoms with Gasteiger partial charge in [-0.25, -0.2) is 0 Å². The number of hydrogen-bond acceptors (Lipinski definition) is 4. The van der Waals surface area contributed by atoms with Crippen molar-refractivity contribution in [1.29, 1.82) is 0 Å². The summed E-state index contributed by atoms with van der Waals surface area (Å²) >= 11 is 5.98. The molecule has 1 saturated heterocycles. The first-order valence-corrected chi connectivity index (χ1v) is 7.47. The van der Waals surface area contributed by atoms with Crippen LogP contribution < -0.4 is 10.1 Å². The highest BCUT2D eigenvalue weighted by Gasteiger charge is 2.14. The Hall–Kier alpha value is -0.810. The molecule has 1 unspecified atom stereocenters. The van der Waals surface area contributed by atoms with E-state index in [4.69, 9.17) is 21.1 Å². The summed E-state index contributed by atoms with van der Waals surface area (Å²) in [5.74, 6) is 1.26. The predicted molar refractivity (Wildman–Crippen MR) is 79.4 cm³/mol. The zero-order valence-corrected chi connectivity index (χ0v) is 12.3. The van der Waals surface area contributed by atoms with Crippen LogP contribution in [0.3, 0.4) is 0 Å². The van der Waals surface area contributed by atoms with Crippen molar-refractivity contribution >= 4 is 11.6 Å². The predicted octanol–water partition coefficient (Wildman–Crippen LogP) is 2.10. The Morgan fingerprint density at radius 1 is 1.35 bits per heavy atom. The lowest BCUT2D eigenvalue weighted by molar-refractivity contribution is 0.0630. The van der Waals surface area contributed by atoms with Crippen molar-refractivity contribution in [3.63, 3.8) is 0 Å². The fourth-order valence-corrected chi connectivity index (χ4v) is 2.40. The van der Waals surface area contributed by atoms with Gasteiger partial charge in [0.25, 0.3) is 0 Å². The maximum Gasteiger partial charge on any atom is 0.138 e. The number of rotatable bonds is 7. The molecule has 0 radical (unpaired) electrons. The van der Waals surface area contributed by atoms with Crippen LogP contribution in [0.15, 0.2) is 24.3 Å². The van der Waals surface area contributed by atoms with Crippen molar-refractivity contribution in [3.05, 3.63) is 29.3 Å². The summed E-state index contributed by atoms with van der Waals surface area (Å²) in [6.07, 6.45) is 1.66. The quantitative estimate of drug-likeness (QED) is 0.809. The van der Waals surface area contributed by atoms with E-state index in [9.17, 15) is 5.11 Å². The second kappa shape index (κ2) is 8.47. The number of nitrogens with one attached hydrogen (secondary N) is 1. The van der Waals surface area contributed by atoms with E-state index >= 15 is 0 Å². The number of para-hydroxylation sites is 1. The Bertz CT molecular complexity index is 396. The maximum absolute atomic E-state index is 9.88. The minimum absolute atomic E-state index is 0.241. The van der Waals surface area contributed by atoms with Gasteiger partial charge in [-0.3, -0.25) is 0 Å². The van der Waals surface area contributed by atoms with Gasteiger partial charge in [-0.15, -0.1) is 0 Å². The molecule has 0 amide bonds. The van der Waals surface area contributed by atoms with E-state index in [1.807, 2.05) is 12.1 Å². The van der Waals surface area contributed by atoms with Crippen LogP contribution in [-0.4, -0.2) is 44.1 Å². The SMILES string of the molecule is OC(CNCC1CCOCC1)COc1ccccc1Cl. The molecule has 1 aliphatic rings. The number of halogens is 1. The summed E-state index contributed by atoms with van der Waals surface area (Å²) in [6.45, 7) is 3.40. The molecular weight excluding hydrogens is 278 g/mol. The van der Waals surface area contributed by atoms with Crippen LogP contribution in [-0.2, 0) is 4.74 Å². The highest BCUT2D eigenvalue weighted by atomic mass is 35.5. The first kappa shape index (κ1) is 15.6. The molecule has 1 atom stereocenters. The standard InChI is InChI=1S/C15H22ClNO3/c16-14-3-1-2-4-15(14)20-11-13(18)10-17-9-12-5-7-19-8-6-12/h1-4,12-13,17-18H,5-11H2. The molecule has 112 valence electrons. The van der Waals surface area contributed by atoms with Crippen LogP contribution in [0, 0.1) is 5.92 Å². The van der Waals surface area contributed by atoms with Gasteiger partial charge in [0.1, 0.15) is 18.5 Å². The number of ether oxygens (including phenoxy) is 2. The molecule has 1 aromatic carbocycles. The molecule has 1 aromatic rings. The molecule has 20 heavy (non-hydrogen) atoms. The second-order valence-corrected chi connectivity index (χ2v) is 5.52. The monoisotopic (exact) mass is 299 g/mol. The largest absolute Gasteiger partial charge is 0.489 e. The molecule has 1 aliphatic heterocycles. The van der Waals surface area contributed by atoms with E-state index in [1.54, 1.807) is 12.1 Å². The molecule has 4 nitrogen and oxygen atoms in total. The Morgan fingerprint density at radius 3 is 2.85 bits per heavy atom. The van der Waals surface area contributed by atoms with Crippen LogP contribution in [0.2, 0.25) is 5.02 Å². The van der Waals surface area contributed by atoms with Crippen molar-refractivity contribution in [1.82, 2.24) is 5.32 Å². The van der Waals surface area contributed by atoms with Crippen LogP contribution >= 0.6 is 11.6 Å². The van der Waals surface area contributed by atoms with Gasteiger partial charge in [0.2, 0.25) is 0 Å². The van der Waals surface area contributed by atoms with Crippen LogP contribution in [0.1, 0.15) is 12.8 Å². The van der Waals surface area contributed by atoms with E-state index in [1.165, 1.54) is 0 Å². The van der Waals surface area contributed by atoms with Gasteiger partial charge < -0.3 is 19.9 Å². The maximum atomic E-state index is 9.88. The Morgan fingerprint density at radius 2 is 2.10 bits per heavy atom. The minimum atomic E-state index is -0.536. The fraction of sp³-hybridized carbons (Fsp3) is 0.600. The first-order valence-electron chi connectivity index (χ1n) is 7.09. The van der Waals surface area contributed by atoms with E-state index < -0.39 is 6.10 Å². The lowest BCUT2D eigenvalue weighted by Crippen LogP contribution is -2.35. The average molecular weight is 300 g/mol. The summed E-state index contributed by atoms with van der Waals surface area (Å²) in [5.41, 5.74) is 0. The lowest BCUT2D eigenvalue weighted by atomic mass is 10.0. The van der Waals surface area contributed by atoms with Crippen LogP contribution in [0.5, 0.6) is 5.75 Å². The van der Waals surface area contributed by atoms with E-state index in [2.05, 4.69) is 5.32 Å². The number of aliphatic hydroxyl groups excluding tert-OH is 1. The second-order valence-electron chi connectivity index (χ2n) is 5.11. The van der Waals surface area contributed by atoms with Gasteiger partial charge in [-0.05, 0) is 37.4 Å². The van der Waals surface area contributed by atoms with Crippen LogP contribution in [0.25, 0.3) is 0 Å². The number of hydrogen-bond donors (Lipinski definition) is 2. The Labute approximate surface area is 125 Å². The third-order valence-corrected chi connectivity index (χ3v) is 3.73. The van der Waals surface area contributed by atoms with Crippen molar-refractivity contribution in [3.8, 4) is 5.75 Å². The molecule has 0 aliphatic carbocycles. The molecule has 2 rings (SSSR count). The summed E-state index contributed by atoms with van der Waals surface area (Å²) in [6, 6.07) is 7.27. The zero-order chi connectivity index (χ0) is 14.2. The molecule has 0 aromatic heterocycles. The fourth-order valence-electron chi connectivity index (χ4n) is 2.21. The number of benzene rings is 1. The summed E-state index contributed by atoms with van der Waals surface area (Å²) in [5, 5.41) is 13.7. The van der Waals surface area contributed by atoms with E-state index in [-0.39, 0.29) is 6.61 Å². The van der Waals surface area contributed by atoms with Crippen molar-refractivity contribution in [2.75, 3.05) is 32.9 Å². The molecule has 0 saturated carbocycles.